The summed E-state index contributed by atoms with van der Waals surface area (Å²) in [6.07, 6.45) is 4.40. The highest BCUT2D eigenvalue weighted by Crippen LogP contribution is 2.34. The van der Waals surface area contributed by atoms with Crippen LogP contribution in [0.3, 0.4) is 0 Å². The number of halogens is 1. The Bertz CT molecular complexity index is 865. The summed E-state index contributed by atoms with van der Waals surface area (Å²) < 4.78 is 24.4. The minimum absolute atomic E-state index is 0.274. The van der Waals surface area contributed by atoms with Gasteiger partial charge in [-0.15, -0.1) is 0 Å². The molecule has 0 aliphatic carbocycles. The molecule has 0 bridgehead atoms. The van der Waals surface area contributed by atoms with E-state index in [0.29, 0.717) is 19.4 Å². The van der Waals surface area contributed by atoms with E-state index in [1.54, 1.807) is 19.2 Å². The number of rotatable bonds is 4. The van der Waals surface area contributed by atoms with E-state index in [0.717, 1.165) is 48.7 Å². The van der Waals surface area contributed by atoms with Crippen molar-refractivity contribution in [1.82, 2.24) is 4.90 Å². The number of fused-ring (bicyclic) bond motifs is 1. The fraction of sp³-hybridized carbons (Fsp3) is 0.391. The molecular formula is C23H26FNO3. The Labute approximate surface area is 165 Å². The second-order valence-electron chi connectivity index (χ2n) is 7.66. The van der Waals surface area contributed by atoms with E-state index in [2.05, 4.69) is 11.0 Å². The van der Waals surface area contributed by atoms with Crippen molar-refractivity contribution in [1.29, 1.82) is 0 Å². The molecule has 2 aliphatic rings. The topological polar surface area (TPSA) is 41.9 Å². The SMILES string of the molecule is COc1ccc2c(c1)C=C(CN1CCCC(O)(c3ccc(F)cc3)CC1)CO2. The van der Waals surface area contributed by atoms with Gasteiger partial charge in [-0.1, -0.05) is 12.1 Å². The van der Waals surface area contributed by atoms with Crippen LogP contribution in [0.1, 0.15) is 30.4 Å². The highest BCUT2D eigenvalue weighted by Gasteiger charge is 2.32. The van der Waals surface area contributed by atoms with Crippen LogP contribution in [0.2, 0.25) is 0 Å². The summed E-state index contributed by atoms with van der Waals surface area (Å²) in [4.78, 5) is 2.36. The van der Waals surface area contributed by atoms with E-state index in [1.807, 2.05) is 18.2 Å². The summed E-state index contributed by atoms with van der Waals surface area (Å²) in [6, 6.07) is 12.1. The van der Waals surface area contributed by atoms with Crippen LogP contribution in [-0.4, -0.2) is 43.4 Å². The number of hydrogen-bond donors (Lipinski definition) is 1. The van der Waals surface area contributed by atoms with Gasteiger partial charge in [0.1, 0.15) is 23.9 Å². The van der Waals surface area contributed by atoms with E-state index in [1.165, 1.54) is 17.7 Å². The molecule has 4 nitrogen and oxygen atoms in total. The second kappa shape index (κ2) is 7.94. The van der Waals surface area contributed by atoms with E-state index >= 15 is 0 Å². The van der Waals surface area contributed by atoms with Crippen molar-refractivity contribution in [2.45, 2.75) is 24.9 Å². The summed E-state index contributed by atoms with van der Waals surface area (Å²) in [5.74, 6) is 1.42. The lowest BCUT2D eigenvalue weighted by molar-refractivity contribution is 0.0213. The molecule has 1 atom stereocenters. The molecule has 148 valence electrons. The van der Waals surface area contributed by atoms with E-state index < -0.39 is 5.60 Å². The van der Waals surface area contributed by atoms with E-state index in [-0.39, 0.29) is 5.82 Å². The second-order valence-corrected chi connectivity index (χ2v) is 7.66. The lowest BCUT2D eigenvalue weighted by Crippen LogP contribution is -2.31. The number of aliphatic hydroxyl groups is 1. The van der Waals surface area contributed by atoms with Gasteiger partial charge in [0.2, 0.25) is 0 Å². The number of likely N-dealkylation sites (tertiary alicyclic amines) is 1. The van der Waals surface area contributed by atoms with Crippen LogP contribution in [0.5, 0.6) is 11.5 Å². The molecule has 2 aliphatic heterocycles. The molecule has 1 unspecified atom stereocenters. The van der Waals surface area contributed by atoms with Gasteiger partial charge < -0.3 is 14.6 Å². The first-order valence-corrected chi connectivity index (χ1v) is 9.77. The van der Waals surface area contributed by atoms with Gasteiger partial charge in [0.05, 0.1) is 12.7 Å². The highest BCUT2D eigenvalue weighted by atomic mass is 19.1. The molecule has 1 N–H and O–H groups in total. The van der Waals surface area contributed by atoms with Crippen molar-refractivity contribution < 1.29 is 19.0 Å². The first kappa shape index (κ1) is 19.0. The summed E-state index contributed by atoms with van der Waals surface area (Å²) in [5, 5.41) is 11.1. The molecule has 0 spiro atoms. The van der Waals surface area contributed by atoms with Crippen molar-refractivity contribution in [2.75, 3.05) is 33.4 Å². The standard InChI is InChI=1S/C23H26FNO3/c1-27-21-7-8-22-18(14-21)13-17(16-28-22)15-25-11-2-9-23(26,10-12-25)19-3-5-20(24)6-4-19/h3-8,13-14,26H,2,9-12,15-16H2,1H3. The van der Waals surface area contributed by atoms with E-state index in [4.69, 9.17) is 9.47 Å². The first-order chi connectivity index (χ1) is 13.6. The van der Waals surface area contributed by atoms with Crippen LogP contribution in [0.4, 0.5) is 4.39 Å². The Kier molecular flexibility index (Phi) is 5.38. The van der Waals surface area contributed by atoms with Crippen molar-refractivity contribution in [3.63, 3.8) is 0 Å². The number of nitrogens with zero attached hydrogens (tertiary/aromatic N) is 1. The molecule has 2 aromatic carbocycles. The number of ether oxygens (including phenoxy) is 2. The maximum atomic E-state index is 13.2. The van der Waals surface area contributed by atoms with Gasteiger partial charge in [0, 0.05) is 18.7 Å². The van der Waals surface area contributed by atoms with Crippen LogP contribution >= 0.6 is 0 Å². The van der Waals surface area contributed by atoms with Crippen molar-refractivity contribution in [3.8, 4) is 11.5 Å². The molecule has 0 saturated carbocycles. The molecule has 2 aromatic rings. The van der Waals surface area contributed by atoms with Crippen molar-refractivity contribution in [2.24, 2.45) is 0 Å². The molecular weight excluding hydrogens is 357 g/mol. The normalized spacial score (nSPS) is 22.6. The molecule has 0 radical (unpaired) electrons. The van der Waals surface area contributed by atoms with Crippen LogP contribution in [0.15, 0.2) is 48.0 Å². The van der Waals surface area contributed by atoms with Crippen molar-refractivity contribution >= 4 is 6.08 Å². The molecule has 0 amide bonds. The van der Waals surface area contributed by atoms with Gasteiger partial charge >= 0.3 is 0 Å². The van der Waals surface area contributed by atoms with Gasteiger partial charge in [-0.05, 0) is 73.4 Å². The Hall–Kier alpha value is -2.37. The van der Waals surface area contributed by atoms with Gasteiger partial charge in [0.25, 0.3) is 0 Å². The Balaban J connectivity index is 1.44. The fourth-order valence-electron chi connectivity index (χ4n) is 4.09. The molecule has 4 rings (SSSR count). The average molecular weight is 383 g/mol. The Morgan fingerprint density at radius 2 is 1.96 bits per heavy atom. The first-order valence-electron chi connectivity index (χ1n) is 9.77. The van der Waals surface area contributed by atoms with Gasteiger partial charge in [0.15, 0.2) is 0 Å². The third kappa shape index (κ3) is 4.05. The smallest absolute Gasteiger partial charge is 0.127 e. The zero-order valence-corrected chi connectivity index (χ0v) is 16.2. The molecule has 1 saturated heterocycles. The highest BCUT2D eigenvalue weighted by molar-refractivity contribution is 5.64. The van der Waals surface area contributed by atoms with Gasteiger partial charge in [-0.3, -0.25) is 4.90 Å². The lowest BCUT2D eigenvalue weighted by atomic mass is 9.87. The van der Waals surface area contributed by atoms with Crippen molar-refractivity contribution in [3.05, 3.63) is 65.0 Å². The van der Waals surface area contributed by atoms with E-state index in [9.17, 15) is 9.50 Å². The van der Waals surface area contributed by atoms with Crippen LogP contribution in [0.25, 0.3) is 6.08 Å². The molecule has 0 aromatic heterocycles. The molecule has 2 heterocycles. The fourth-order valence-corrected chi connectivity index (χ4v) is 4.09. The maximum Gasteiger partial charge on any atom is 0.127 e. The quantitative estimate of drug-likeness (QED) is 0.867. The third-order valence-electron chi connectivity index (χ3n) is 5.70. The molecule has 1 fully saturated rings. The Morgan fingerprint density at radius 3 is 2.75 bits per heavy atom. The number of hydrogen-bond acceptors (Lipinski definition) is 4. The largest absolute Gasteiger partial charge is 0.497 e. The predicted octanol–water partition coefficient (Wildman–Crippen LogP) is 3.98. The zero-order chi connectivity index (χ0) is 19.6. The summed E-state index contributed by atoms with van der Waals surface area (Å²) in [6.45, 7) is 3.11. The third-order valence-corrected chi connectivity index (χ3v) is 5.70. The van der Waals surface area contributed by atoms with Crippen LogP contribution in [0, 0.1) is 5.82 Å². The molecule has 5 heteroatoms. The van der Waals surface area contributed by atoms with Crippen LogP contribution < -0.4 is 9.47 Å². The maximum absolute atomic E-state index is 13.2. The summed E-state index contributed by atoms with van der Waals surface area (Å²) >= 11 is 0. The summed E-state index contributed by atoms with van der Waals surface area (Å²) in [5.41, 5.74) is 2.17. The molecule has 28 heavy (non-hydrogen) atoms. The minimum atomic E-state index is -0.889. The monoisotopic (exact) mass is 383 g/mol. The van der Waals surface area contributed by atoms with Gasteiger partial charge in [-0.25, -0.2) is 4.39 Å². The lowest BCUT2D eigenvalue weighted by Gasteiger charge is -2.28. The predicted molar refractivity (Wildman–Crippen MR) is 107 cm³/mol. The van der Waals surface area contributed by atoms with Gasteiger partial charge in [-0.2, -0.15) is 0 Å². The van der Waals surface area contributed by atoms with Crippen LogP contribution in [-0.2, 0) is 5.60 Å². The minimum Gasteiger partial charge on any atom is -0.497 e. The summed E-state index contributed by atoms with van der Waals surface area (Å²) in [7, 11) is 1.66. The number of methoxy groups -OCH3 is 1. The zero-order valence-electron chi connectivity index (χ0n) is 16.2. The Morgan fingerprint density at radius 1 is 1.14 bits per heavy atom. The average Bonchev–Trinajstić information content (AvgIpc) is 2.90. The number of benzene rings is 2.